The first-order valence-electron chi connectivity index (χ1n) is 21.5. The van der Waals surface area contributed by atoms with E-state index in [1.807, 2.05) is 0 Å². The maximum atomic E-state index is 5.47. The van der Waals surface area contributed by atoms with E-state index in [9.17, 15) is 0 Å². The van der Waals surface area contributed by atoms with Crippen LogP contribution < -0.4 is 0 Å². The lowest BCUT2D eigenvalue weighted by molar-refractivity contribution is 1.18. The fourth-order valence-electron chi connectivity index (χ4n) is 9.34. The second kappa shape index (κ2) is 15.3. The van der Waals surface area contributed by atoms with Gasteiger partial charge in [-0.15, -0.1) is 0 Å². The molecule has 12 aromatic rings. The summed E-state index contributed by atoms with van der Waals surface area (Å²) >= 11 is 0. The lowest BCUT2D eigenvalue weighted by atomic mass is 9.90. The van der Waals surface area contributed by atoms with E-state index in [2.05, 4.69) is 241 Å². The van der Waals surface area contributed by atoms with Gasteiger partial charge in [-0.1, -0.05) is 188 Å². The van der Waals surface area contributed by atoms with Gasteiger partial charge in [-0.3, -0.25) is 0 Å². The van der Waals surface area contributed by atoms with Gasteiger partial charge in [0.25, 0.3) is 0 Å². The molecule has 0 amide bonds. The Labute approximate surface area is 365 Å². The molecule has 0 aliphatic heterocycles. The molecule has 0 unspecified atom stereocenters. The summed E-state index contributed by atoms with van der Waals surface area (Å²) in [6.45, 7) is 0. The molecule has 0 saturated carbocycles. The zero-order valence-corrected chi connectivity index (χ0v) is 34.4. The summed E-state index contributed by atoms with van der Waals surface area (Å²) < 4.78 is 2.36. The Morgan fingerprint density at radius 1 is 0.286 bits per heavy atom. The predicted molar refractivity (Wildman–Crippen MR) is 264 cm³/mol. The van der Waals surface area contributed by atoms with Gasteiger partial charge >= 0.3 is 0 Å². The van der Waals surface area contributed by atoms with Crippen molar-refractivity contribution in [1.29, 1.82) is 0 Å². The molecule has 9 aromatic carbocycles. The number of aromatic nitrogens is 3. The van der Waals surface area contributed by atoms with Gasteiger partial charge in [-0.2, -0.15) is 0 Å². The van der Waals surface area contributed by atoms with Gasteiger partial charge < -0.3 is 4.57 Å². The maximum Gasteiger partial charge on any atom is 0.0800 e. The van der Waals surface area contributed by atoms with Crippen molar-refractivity contribution in [1.82, 2.24) is 14.5 Å². The van der Waals surface area contributed by atoms with Crippen LogP contribution in [-0.2, 0) is 0 Å². The SMILES string of the molecule is c1ccc(-c2cc(-c3ccc(-c4cc5ccccc5c5c(-c6ccccc6)cc(-c6ccccc6)nc45)cc3)cc(-c3ccc(-n4c5ccccc5c5ccccc54)cc3)n2)cc1. The van der Waals surface area contributed by atoms with Crippen molar-refractivity contribution in [3.63, 3.8) is 0 Å². The van der Waals surface area contributed by atoms with Crippen LogP contribution in [0.2, 0.25) is 0 Å². The Morgan fingerprint density at radius 2 is 0.730 bits per heavy atom. The van der Waals surface area contributed by atoms with Gasteiger partial charge in [0.2, 0.25) is 0 Å². The van der Waals surface area contributed by atoms with Crippen molar-refractivity contribution in [2.24, 2.45) is 0 Å². The van der Waals surface area contributed by atoms with E-state index in [4.69, 9.17) is 9.97 Å². The minimum atomic E-state index is 0.927. The molecular weight excluding hydrogens is 763 g/mol. The van der Waals surface area contributed by atoms with E-state index in [0.717, 1.165) is 72.6 Å². The van der Waals surface area contributed by atoms with Crippen molar-refractivity contribution in [3.05, 3.63) is 237 Å². The molecular formula is C60H39N3. The summed E-state index contributed by atoms with van der Waals surface area (Å²) in [5.74, 6) is 0. The number of benzene rings is 9. The summed E-state index contributed by atoms with van der Waals surface area (Å²) in [5, 5.41) is 6.05. The van der Waals surface area contributed by atoms with Gasteiger partial charge in [0.05, 0.1) is 33.6 Å². The lowest BCUT2D eigenvalue weighted by Crippen LogP contribution is -1.95. The van der Waals surface area contributed by atoms with Crippen LogP contribution in [0.1, 0.15) is 0 Å². The predicted octanol–water partition coefficient (Wildman–Crippen LogP) is 15.9. The maximum absolute atomic E-state index is 5.47. The lowest BCUT2D eigenvalue weighted by Gasteiger charge is -2.17. The fourth-order valence-corrected chi connectivity index (χ4v) is 9.34. The van der Waals surface area contributed by atoms with E-state index < -0.39 is 0 Å². The van der Waals surface area contributed by atoms with Crippen LogP contribution in [0.3, 0.4) is 0 Å². The van der Waals surface area contributed by atoms with Gasteiger partial charge in [-0.05, 0) is 87.1 Å². The summed E-state index contributed by atoms with van der Waals surface area (Å²) in [6.07, 6.45) is 0. The highest BCUT2D eigenvalue weighted by molar-refractivity contribution is 6.18. The molecule has 0 bridgehead atoms. The quantitative estimate of drug-likeness (QED) is 0.150. The third-order valence-corrected chi connectivity index (χ3v) is 12.4. The zero-order valence-electron chi connectivity index (χ0n) is 34.4. The first-order chi connectivity index (χ1) is 31.2. The van der Waals surface area contributed by atoms with E-state index in [-0.39, 0.29) is 0 Å². The Kier molecular flexibility index (Phi) is 8.83. The molecule has 3 heterocycles. The average molecular weight is 802 g/mol. The molecule has 12 rings (SSSR count). The molecule has 3 aromatic heterocycles. The van der Waals surface area contributed by atoms with Crippen molar-refractivity contribution < 1.29 is 0 Å². The minimum absolute atomic E-state index is 0.927. The van der Waals surface area contributed by atoms with Crippen LogP contribution in [0.4, 0.5) is 0 Å². The Morgan fingerprint density at radius 3 is 1.33 bits per heavy atom. The number of rotatable bonds is 7. The second-order valence-corrected chi connectivity index (χ2v) is 16.1. The Hall–Kier alpha value is -8.40. The number of hydrogen-bond acceptors (Lipinski definition) is 2. The van der Waals surface area contributed by atoms with E-state index in [0.29, 0.717) is 0 Å². The van der Waals surface area contributed by atoms with Crippen molar-refractivity contribution in [2.75, 3.05) is 0 Å². The monoisotopic (exact) mass is 801 g/mol. The van der Waals surface area contributed by atoms with E-state index >= 15 is 0 Å². The molecule has 0 saturated heterocycles. The number of para-hydroxylation sites is 2. The van der Waals surface area contributed by atoms with E-state index in [1.165, 1.54) is 43.7 Å². The summed E-state index contributed by atoms with van der Waals surface area (Å²) in [4.78, 5) is 10.7. The van der Waals surface area contributed by atoms with Crippen LogP contribution in [0.15, 0.2) is 237 Å². The second-order valence-electron chi connectivity index (χ2n) is 16.1. The molecule has 294 valence electrons. The first-order valence-corrected chi connectivity index (χ1v) is 21.5. The highest BCUT2D eigenvalue weighted by Crippen LogP contribution is 2.42. The van der Waals surface area contributed by atoms with Crippen LogP contribution in [0.5, 0.6) is 0 Å². The largest absolute Gasteiger partial charge is 0.309 e. The topological polar surface area (TPSA) is 30.7 Å². The van der Waals surface area contributed by atoms with Gasteiger partial charge in [0.15, 0.2) is 0 Å². The minimum Gasteiger partial charge on any atom is -0.309 e. The molecule has 0 aliphatic rings. The average Bonchev–Trinajstić information content (AvgIpc) is 3.71. The Bertz CT molecular complexity index is 3580. The molecule has 0 aliphatic carbocycles. The highest BCUT2D eigenvalue weighted by Gasteiger charge is 2.18. The summed E-state index contributed by atoms with van der Waals surface area (Å²) in [6, 6.07) is 84.5. The van der Waals surface area contributed by atoms with Crippen LogP contribution >= 0.6 is 0 Å². The normalized spacial score (nSPS) is 11.5. The molecule has 0 fully saturated rings. The highest BCUT2D eigenvalue weighted by atomic mass is 15.0. The van der Waals surface area contributed by atoms with Crippen molar-refractivity contribution in [3.8, 4) is 72.8 Å². The standard InChI is InChI=1S/C60H39N3/c1-4-16-41(17-5-1)52-39-56(44-20-8-3-9-21-44)62-60-53(36-46-22-10-11-23-49(46)59(52)60)42-30-28-40(29-31-42)47-37-54(43-18-6-2-7-19-43)61-55(38-47)45-32-34-48(35-33-45)63-57-26-14-12-24-50(57)51-25-13-15-27-58(51)63/h1-39H. The molecule has 3 nitrogen and oxygen atoms in total. The van der Waals surface area contributed by atoms with Gasteiger partial charge in [0, 0.05) is 44.1 Å². The molecule has 0 atom stereocenters. The van der Waals surface area contributed by atoms with Gasteiger partial charge in [0.1, 0.15) is 0 Å². The molecule has 63 heavy (non-hydrogen) atoms. The fraction of sp³-hybridized carbons (Fsp3) is 0. The third-order valence-electron chi connectivity index (χ3n) is 12.4. The smallest absolute Gasteiger partial charge is 0.0800 e. The molecule has 3 heteroatoms. The Balaban J connectivity index is 0.984. The van der Waals surface area contributed by atoms with Crippen LogP contribution in [-0.4, -0.2) is 14.5 Å². The van der Waals surface area contributed by atoms with E-state index in [1.54, 1.807) is 0 Å². The molecule has 0 spiro atoms. The van der Waals surface area contributed by atoms with Gasteiger partial charge in [-0.25, -0.2) is 9.97 Å². The number of hydrogen-bond donors (Lipinski definition) is 0. The summed E-state index contributed by atoms with van der Waals surface area (Å²) in [5.41, 5.74) is 17.3. The summed E-state index contributed by atoms with van der Waals surface area (Å²) in [7, 11) is 0. The molecule has 0 radical (unpaired) electrons. The third kappa shape index (κ3) is 6.46. The number of pyridine rings is 2. The number of nitrogens with zero attached hydrogens (tertiary/aromatic N) is 3. The van der Waals surface area contributed by atoms with Crippen molar-refractivity contribution >= 4 is 43.5 Å². The van der Waals surface area contributed by atoms with Crippen LogP contribution in [0, 0.1) is 0 Å². The molecule has 0 N–H and O–H groups in total. The zero-order chi connectivity index (χ0) is 41.7. The van der Waals surface area contributed by atoms with Crippen LogP contribution in [0.25, 0.3) is 116 Å². The first kappa shape index (κ1) is 36.5. The van der Waals surface area contributed by atoms with Crippen molar-refractivity contribution in [2.45, 2.75) is 0 Å². The number of fused-ring (bicyclic) bond motifs is 6.